The molecule has 1 heterocycles. The third kappa shape index (κ3) is 4.80. The Morgan fingerprint density at radius 1 is 1.04 bits per heavy atom. The van der Waals surface area contributed by atoms with Gasteiger partial charge in [-0.1, -0.05) is 35.9 Å². The molecule has 1 aromatic heterocycles. The van der Waals surface area contributed by atoms with E-state index >= 15 is 0 Å². The minimum Gasteiger partial charge on any atom is -0.455 e. The lowest BCUT2D eigenvalue weighted by molar-refractivity contribution is -0.136. The molecule has 0 aliphatic carbocycles. The third-order valence-corrected chi connectivity index (χ3v) is 3.66. The van der Waals surface area contributed by atoms with Crippen LogP contribution in [0.4, 0.5) is 10.1 Å². The fourth-order valence-corrected chi connectivity index (χ4v) is 2.36. The average molecular weight is 386 g/mol. The predicted octanol–water partition coefficient (Wildman–Crippen LogP) is 3.83. The van der Waals surface area contributed by atoms with Crippen molar-refractivity contribution >= 4 is 35.3 Å². The number of para-hydroxylation sites is 1. The van der Waals surface area contributed by atoms with Crippen molar-refractivity contribution in [2.75, 3.05) is 5.32 Å². The van der Waals surface area contributed by atoms with Crippen molar-refractivity contribution in [3.63, 3.8) is 0 Å². The second-order valence-corrected chi connectivity index (χ2v) is 5.78. The largest absolute Gasteiger partial charge is 0.455 e. The van der Waals surface area contributed by atoms with Crippen molar-refractivity contribution in [1.29, 1.82) is 0 Å². The first-order chi connectivity index (χ1) is 13.0. The van der Waals surface area contributed by atoms with Gasteiger partial charge >= 0.3 is 11.8 Å². The van der Waals surface area contributed by atoms with Crippen LogP contribution in [0.2, 0.25) is 5.02 Å². The molecule has 0 atom stereocenters. The molecule has 0 spiro atoms. The molecule has 2 aromatic carbocycles. The molecular formula is C19H13ClFN3O3. The van der Waals surface area contributed by atoms with Gasteiger partial charge in [0.25, 0.3) is 0 Å². The standard InChI is InChI=1S/C19H13ClFN3O3/c20-13-5-3-4-12(10-13)17-9-8-14(27-17)11-22-24-19(26)18(25)23-16-7-2-1-6-15(16)21/h1-11H,(H,23,25)(H,24,26)/b22-11+. The maximum atomic E-state index is 13.5. The number of furan rings is 1. The lowest BCUT2D eigenvalue weighted by Crippen LogP contribution is -2.32. The van der Waals surface area contributed by atoms with Crippen LogP contribution in [0.25, 0.3) is 11.3 Å². The van der Waals surface area contributed by atoms with Gasteiger partial charge in [0, 0.05) is 10.6 Å². The second kappa shape index (κ2) is 8.29. The SMILES string of the molecule is O=C(N/N=C/c1ccc(-c2cccc(Cl)c2)o1)C(=O)Nc1ccccc1F. The Labute approximate surface area is 158 Å². The molecule has 3 rings (SSSR count). The van der Waals surface area contributed by atoms with Gasteiger partial charge in [-0.2, -0.15) is 5.10 Å². The van der Waals surface area contributed by atoms with E-state index < -0.39 is 17.6 Å². The molecule has 0 saturated carbocycles. The number of benzene rings is 2. The summed E-state index contributed by atoms with van der Waals surface area (Å²) < 4.78 is 19.0. The Balaban J connectivity index is 1.58. The molecule has 0 bridgehead atoms. The van der Waals surface area contributed by atoms with Crippen LogP contribution in [-0.4, -0.2) is 18.0 Å². The van der Waals surface area contributed by atoms with Crippen molar-refractivity contribution in [3.05, 3.63) is 77.3 Å². The molecule has 2 amide bonds. The van der Waals surface area contributed by atoms with Gasteiger partial charge in [-0.15, -0.1) is 0 Å². The molecule has 3 aromatic rings. The quantitative estimate of drug-likeness (QED) is 0.406. The monoisotopic (exact) mass is 385 g/mol. The third-order valence-electron chi connectivity index (χ3n) is 3.42. The van der Waals surface area contributed by atoms with Crippen molar-refractivity contribution in [2.24, 2.45) is 5.10 Å². The Morgan fingerprint density at radius 2 is 1.85 bits per heavy atom. The lowest BCUT2D eigenvalue weighted by Gasteiger charge is -2.04. The zero-order chi connectivity index (χ0) is 19.2. The summed E-state index contributed by atoms with van der Waals surface area (Å²) in [4.78, 5) is 23.4. The highest BCUT2D eigenvalue weighted by atomic mass is 35.5. The van der Waals surface area contributed by atoms with Gasteiger partial charge in [0.1, 0.15) is 17.3 Å². The van der Waals surface area contributed by atoms with Gasteiger partial charge in [-0.05, 0) is 36.4 Å². The van der Waals surface area contributed by atoms with Crippen molar-refractivity contribution in [3.8, 4) is 11.3 Å². The Hall–Kier alpha value is -3.45. The number of halogens is 2. The van der Waals surface area contributed by atoms with Crippen LogP contribution < -0.4 is 10.7 Å². The van der Waals surface area contributed by atoms with Crippen LogP contribution >= 0.6 is 11.6 Å². The van der Waals surface area contributed by atoms with Gasteiger partial charge in [0.15, 0.2) is 0 Å². The van der Waals surface area contributed by atoms with E-state index in [1.165, 1.54) is 30.5 Å². The highest BCUT2D eigenvalue weighted by molar-refractivity contribution is 6.39. The lowest BCUT2D eigenvalue weighted by atomic mass is 10.2. The van der Waals surface area contributed by atoms with Crippen LogP contribution in [0.5, 0.6) is 0 Å². The molecule has 0 unspecified atom stereocenters. The maximum absolute atomic E-state index is 13.5. The summed E-state index contributed by atoms with van der Waals surface area (Å²) in [7, 11) is 0. The van der Waals surface area contributed by atoms with Crippen LogP contribution in [0.15, 0.2) is 70.2 Å². The topological polar surface area (TPSA) is 83.7 Å². The first-order valence-corrected chi connectivity index (χ1v) is 8.15. The van der Waals surface area contributed by atoms with E-state index in [1.807, 2.05) is 11.5 Å². The first-order valence-electron chi connectivity index (χ1n) is 7.77. The minimum absolute atomic E-state index is 0.0983. The number of anilines is 1. The van der Waals surface area contributed by atoms with Gasteiger partial charge in [0.2, 0.25) is 0 Å². The summed E-state index contributed by atoms with van der Waals surface area (Å²) in [5, 5.41) is 6.38. The summed E-state index contributed by atoms with van der Waals surface area (Å²) in [6.07, 6.45) is 1.24. The average Bonchev–Trinajstić information content (AvgIpc) is 3.12. The number of nitrogens with zero attached hydrogens (tertiary/aromatic N) is 1. The number of amides is 2. The molecule has 0 radical (unpaired) electrons. The molecule has 0 fully saturated rings. The number of carbonyl (C=O) groups excluding carboxylic acids is 2. The number of hydrogen-bond acceptors (Lipinski definition) is 4. The van der Waals surface area contributed by atoms with Gasteiger partial charge in [-0.25, -0.2) is 9.82 Å². The van der Waals surface area contributed by atoms with E-state index in [2.05, 4.69) is 10.4 Å². The van der Waals surface area contributed by atoms with E-state index in [1.54, 1.807) is 30.3 Å². The summed E-state index contributed by atoms with van der Waals surface area (Å²) in [6, 6.07) is 16.0. The highest BCUT2D eigenvalue weighted by Gasteiger charge is 2.14. The van der Waals surface area contributed by atoms with E-state index in [0.29, 0.717) is 16.5 Å². The van der Waals surface area contributed by atoms with E-state index in [-0.39, 0.29) is 5.69 Å². The van der Waals surface area contributed by atoms with E-state index in [4.69, 9.17) is 16.0 Å². The summed E-state index contributed by atoms with van der Waals surface area (Å²) in [5.41, 5.74) is 2.73. The van der Waals surface area contributed by atoms with Crippen molar-refractivity contribution < 1.29 is 18.4 Å². The fourth-order valence-electron chi connectivity index (χ4n) is 2.17. The molecular weight excluding hydrogens is 373 g/mol. The van der Waals surface area contributed by atoms with Gasteiger partial charge < -0.3 is 9.73 Å². The zero-order valence-electron chi connectivity index (χ0n) is 13.8. The summed E-state index contributed by atoms with van der Waals surface area (Å²) >= 11 is 5.94. The van der Waals surface area contributed by atoms with Crippen molar-refractivity contribution in [1.82, 2.24) is 5.43 Å². The van der Waals surface area contributed by atoms with E-state index in [9.17, 15) is 14.0 Å². The second-order valence-electron chi connectivity index (χ2n) is 5.35. The minimum atomic E-state index is -1.05. The zero-order valence-corrected chi connectivity index (χ0v) is 14.5. The smallest absolute Gasteiger partial charge is 0.329 e. The molecule has 0 saturated heterocycles. The number of hydrazone groups is 1. The maximum Gasteiger partial charge on any atom is 0.329 e. The van der Waals surface area contributed by atoms with Crippen LogP contribution in [0.1, 0.15) is 5.76 Å². The van der Waals surface area contributed by atoms with E-state index in [0.717, 1.165) is 5.56 Å². The Kier molecular flexibility index (Phi) is 5.63. The molecule has 6 nitrogen and oxygen atoms in total. The molecule has 0 aliphatic heterocycles. The fraction of sp³-hybridized carbons (Fsp3) is 0. The van der Waals surface area contributed by atoms with Gasteiger partial charge in [0.05, 0.1) is 11.9 Å². The highest BCUT2D eigenvalue weighted by Crippen LogP contribution is 2.24. The first kappa shape index (κ1) is 18.3. The number of carbonyl (C=O) groups is 2. The summed E-state index contributed by atoms with van der Waals surface area (Å²) in [6.45, 7) is 0. The number of rotatable bonds is 4. The van der Waals surface area contributed by atoms with Crippen LogP contribution in [-0.2, 0) is 9.59 Å². The summed E-state index contributed by atoms with van der Waals surface area (Å²) in [5.74, 6) is -1.80. The predicted molar refractivity (Wildman–Crippen MR) is 99.9 cm³/mol. The molecule has 27 heavy (non-hydrogen) atoms. The van der Waals surface area contributed by atoms with Crippen molar-refractivity contribution in [2.45, 2.75) is 0 Å². The Bertz CT molecular complexity index is 1020. The number of nitrogens with one attached hydrogen (secondary N) is 2. The molecule has 0 aliphatic rings. The normalized spacial score (nSPS) is 10.7. The van der Waals surface area contributed by atoms with Crippen LogP contribution in [0, 0.1) is 5.82 Å². The van der Waals surface area contributed by atoms with Crippen LogP contribution in [0.3, 0.4) is 0 Å². The molecule has 136 valence electrons. The number of hydrogen-bond donors (Lipinski definition) is 2. The molecule has 2 N–H and O–H groups in total. The van der Waals surface area contributed by atoms with Gasteiger partial charge in [-0.3, -0.25) is 9.59 Å². The Morgan fingerprint density at radius 3 is 2.63 bits per heavy atom. The molecule has 8 heteroatoms.